The molecule has 1 amide bonds. The van der Waals surface area contributed by atoms with Gasteiger partial charge in [0, 0.05) is 25.0 Å². The molecule has 0 radical (unpaired) electrons. The van der Waals surface area contributed by atoms with Crippen molar-refractivity contribution >= 4 is 17.4 Å². The molecule has 2 aromatic rings. The molecule has 2 atom stereocenters. The SMILES string of the molecule is Cc1ccc(C2/C(=C(\[O-])c3ccc4c(c3)CC(C)O4)C(=O)C(=O)N2CCC[NH+]2CCOCC2)o1. The number of quaternary nitrogens is 1. The number of nitrogens with zero attached hydrogens (tertiary/aromatic N) is 1. The van der Waals surface area contributed by atoms with Crippen LogP contribution in [-0.4, -0.2) is 62.1 Å². The number of morpholine rings is 1. The summed E-state index contributed by atoms with van der Waals surface area (Å²) in [5.74, 6) is 0.0478. The zero-order valence-electron chi connectivity index (χ0n) is 19.6. The van der Waals surface area contributed by atoms with Crippen molar-refractivity contribution in [1.82, 2.24) is 4.90 Å². The van der Waals surface area contributed by atoms with Gasteiger partial charge in [-0.05, 0) is 49.2 Å². The number of aryl methyl sites for hydroxylation is 1. The normalized spacial score (nSPS) is 24.5. The molecule has 8 heteroatoms. The first-order valence-corrected chi connectivity index (χ1v) is 12.0. The molecule has 5 rings (SSSR count). The van der Waals surface area contributed by atoms with Crippen LogP contribution in [0.1, 0.15) is 42.0 Å². The van der Waals surface area contributed by atoms with Crippen LogP contribution >= 0.6 is 0 Å². The summed E-state index contributed by atoms with van der Waals surface area (Å²) in [5.41, 5.74) is 1.29. The van der Waals surface area contributed by atoms with Crippen LogP contribution in [0.3, 0.4) is 0 Å². The highest BCUT2D eigenvalue weighted by Gasteiger charge is 2.45. The lowest BCUT2D eigenvalue weighted by atomic mass is 9.97. The Morgan fingerprint density at radius 2 is 1.97 bits per heavy atom. The number of furan rings is 1. The van der Waals surface area contributed by atoms with Crippen molar-refractivity contribution in [2.45, 2.75) is 38.8 Å². The molecule has 0 spiro atoms. The summed E-state index contributed by atoms with van der Waals surface area (Å²) in [6.07, 6.45) is 1.47. The van der Waals surface area contributed by atoms with Crippen LogP contribution in [0.5, 0.6) is 5.75 Å². The zero-order valence-corrected chi connectivity index (χ0v) is 19.6. The van der Waals surface area contributed by atoms with E-state index in [1.54, 1.807) is 37.3 Å². The number of carbonyl (C=O) groups excluding carboxylic acids is 2. The molecular formula is C26H30N2O6. The van der Waals surface area contributed by atoms with Crippen molar-refractivity contribution in [1.29, 1.82) is 0 Å². The largest absolute Gasteiger partial charge is 0.872 e. The van der Waals surface area contributed by atoms with Gasteiger partial charge in [0.25, 0.3) is 5.91 Å². The fraction of sp³-hybridized carbons (Fsp3) is 0.462. The third-order valence-electron chi connectivity index (χ3n) is 6.85. The van der Waals surface area contributed by atoms with Crippen molar-refractivity contribution in [2.75, 3.05) is 39.4 Å². The lowest BCUT2D eigenvalue weighted by molar-refractivity contribution is -0.908. The third-order valence-corrected chi connectivity index (χ3v) is 6.85. The van der Waals surface area contributed by atoms with Gasteiger partial charge in [0.05, 0.1) is 19.8 Å². The number of Topliss-reactive ketones (excluding diaryl/α,β-unsaturated/α-hetero) is 1. The van der Waals surface area contributed by atoms with Gasteiger partial charge in [-0.25, -0.2) is 0 Å². The van der Waals surface area contributed by atoms with Crippen molar-refractivity contribution in [2.24, 2.45) is 0 Å². The smallest absolute Gasteiger partial charge is 0.295 e. The first-order chi connectivity index (χ1) is 16.4. The Balaban J connectivity index is 1.46. The Labute approximate surface area is 198 Å². The Kier molecular flexibility index (Phi) is 6.18. The summed E-state index contributed by atoms with van der Waals surface area (Å²) < 4.78 is 17.0. The summed E-state index contributed by atoms with van der Waals surface area (Å²) in [6.45, 7) is 8.37. The molecule has 2 saturated heterocycles. The maximum Gasteiger partial charge on any atom is 0.295 e. The first-order valence-electron chi connectivity index (χ1n) is 12.0. The van der Waals surface area contributed by atoms with Crippen molar-refractivity contribution < 1.29 is 33.5 Å². The second-order valence-electron chi connectivity index (χ2n) is 9.34. The number of carbonyl (C=O) groups is 2. The van der Waals surface area contributed by atoms with E-state index in [9.17, 15) is 14.7 Å². The molecule has 1 aromatic heterocycles. The van der Waals surface area contributed by atoms with Crippen LogP contribution in [0.25, 0.3) is 5.76 Å². The number of benzene rings is 1. The van der Waals surface area contributed by atoms with E-state index in [2.05, 4.69) is 0 Å². The highest BCUT2D eigenvalue weighted by Crippen LogP contribution is 2.40. The number of ether oxygens (including phenoxy) is 2. The number of hydrogen-bond acceptors (Lipinski definition) is 6. The van der Waals surface area contributed by atoms with E-state index >= 15 is 0 Å². The third kappa shape index (κ3) is 4.23. The highest BCUT2D eigenvalue weighted by atomic mass is 16.5. The minimum Gasteiger partial charge on any atom is -0.872 e. The quantitative estimate of drug-likeness (QED) is 0.377. The van der Waals surface area contributed by atoms with Gasteiger partial charge in [-0.1, -0.05) is 11.8 Å². The van der Waals surface area contributed by atoms with Gasteiger partial charge in [0.2, 0.25) is 5.78 Å². The molecule has 4 heterocycles. The lowest BCUT2D eigenvalue weighted by Crippen LogP contribution is -3.14. The van der Waals surface area contributed by atoms with Crippen molar-refractivity contribution in [3.05, 3.63) is 58.6 Å². The summed E-state index contributed by atoms with van der Waals surface area (Å²) in [7, 11) is 0. The molecule has 1 aromatic carbocycles. The minimum absolute atomic E-state index is 0.0371. The predicted octanol–water partition coefficient (Wildman–Crippen LogP) is 0.441. The molecule has 2 unspecified atom stereocenters. The topological polar surface area (TPSA) is 96.5 Å². The van der Waals surface area contributed by atoms with Gasteiger partial charge >= 0.3 is 0 Å². The summed E-state index contributed by atoms with van der Waals surface area (Å²) in [4.78, 5) is 29.1. The molecule has 34 heavy (non-hydrogen) atoms. The summed E-state index contributed by atoms with van der Waals surface area (Å²) in [5, 5.41) is 13.6. The van der Waals surface area contributed by atoms with E-state index in [0.717, 1.165) is 50.6 Å². The molecule has 3 aliphatic heterocycles. The molecule has 3 aliphatic rings. The van der Waals surface area contributed by atoms with E-state index < -0.39 is 23.5 Å². The number of rotatable bonds is 6. The summed E-state index contributed by atoms with van der Waals surface area (Å²) in [6, 6.07) is 7.93. The van der Waals surface area contributed by atoms with Gasteiger partial charge in [0.1, 0.15) is 42.5 Å². The first kappa shape index (κ1) is 22.7. The minimum atomic E-state index is -0.815. The number of fused-ring (bicyclic) bond motifs is 1. The van der Waals surface area contributed by atoms with Gasteiger partial charge < -0.3 is 28.8 Å². The van der Waals surface area contributed by atoms with Crippen LogP contribution in [0.4, 0.5) is 0 Å². The molecule has 0 aliphatic carbocycles. The van der Waals surface area contributed by atoms with E-state index in [0.29, 0.717) is 30.0 Å². The van der Waals surface area contributed by atoms with Crippen LogP contribution in [0, 0.1) is 6.92 Å². The average Bonchev–Trinajstić information content (AvgIpc) is 3.49. The fourth-order valence-electron chi connectivity index (χ4n) is 5.13. The molecule has 0 bridgehead atoms. The monoisotopic (exact) mass is 466 g/mol. The van der Waals surface area contributed by atoms with E-state index in [1.165, 1.54) is 9.80 Å². The zero-order chi connectivity index (χ0) is 23.8. The molecule has 180 valence electrons. The Bertz CT molecular complexity index is 1130. The Morgan fingerprint density at radius 1 is 1.18 bits per heavy atom. The van der Waals surface area contributed by atoms with Crippen LogP contribution in [0.15, 0.2) is 40.3 Å². The average molecular weight is 467 g/mol. The summed E-state index contributed by atoms with van der Waals surface area (Å²) >= 11 is 0. The van der Waals surface area contributed by atoms with Crippen LogP contribution in [-0.2, 0) is 20.7 Å². The second kappa shape index (κ2) is 9.27. The predicted molar refractivity (Wildman–Crippen MR) is 121 cm³/mol. The van der Waals surface area contributed by atoms with Gasteiger partial charge in [-0.15, -0.1) is 0 Å². The van der Waals surface area contributed by atoms with Crippen LogP contribution in [0.2, 0.25) is 0 Å². The Hall–Kier alpha value is -3.10. The molecule has 8 nitrogen and oxygen atoms in total. The Morgan fingerprint density at radius 3 is 2.71 bits per heavy atom. The molecule has 2 fully saturated rings. The van der Waals surface area contributed by atoms with Gasteiger partial charge in [0.15, 0.2) is 0 Å². The standard InChI is InChI=1S/C26H30N2O6/c1-16-4-6-21(33-16)23-22(24(29)18-5-7-20-19(15-18)14-17(2)34-20)25(30)26(31)28(23)9-3-8-27-10-12-32-13-11-27/h4-7,15,17,23,29H,3,8-14H2,1-2H3/b24-22+. The number of amides is 1. The van der Waals surface area contributed by atoms with Crippen molar-refractivity contribution in [3.63, 3.8) is 0 Å². The highest BCUT2D eigenvalue weighted by molar-refractivity contribution is 6.46. The number of nitrogens with one attached hydrogen (secondary N) is 1. The van der Waals surface area contributed by atoms with Gasteiger partial charge in [-0.2, -0.15) is 0 Å². The maximum atomic E-state index is 13.6. The van der Waals surface area contributed by atoms with E-state index in [1.807, 2.05) is 6.92 Å². The molecule has 1 N–H and O–H groups in total. The van der Waals surface area contributed by atoms with Gasteiger partial charge in [-0.3, -0.25) is 9.59 Å². The fourth-order valence-corrected chi connectivity index (χ4v) is 5.13. The number of hydrogen-bond donors (Lipinski definition) is 1. The van der Waals surface area contributed by atoms with E-state index in [4.69, 9.17) is 13.9 Å². The number of ketones is 1. The van der Waals surface area contributed by atoms with Crippen LogP contribution < -0.4 is 14.7 Å². The van der Waals surface area contributed by atoms with Crippen molar-refractivity contribution in [3.8, 4) is 5.75 Å². The maximum absolute atomic E-state index is 13.6. The molecular weight excluding hydrogens is 436 g/mol. The lowest BCUT2D eigenvalue weighted by Gasteiger charge is -2.27. The second-order valence-corrected chi connectivity index (χ2v) is 9.34. The molecule has 0 saturated carbocycles. The number of likely N-dealkylation sites (tertiary alicyclic amines) is 1. The van der Waals surface area contributed by atoms with E-state index in [-0.39, 0.29) is 11.7 Å².